The van der Waals surface area contributed by atoms with Gasteiger partial charge in [-0.05, 0) is 13.0 Å². The first-order chi connectivity index (χ1) is 7.75. The number of carbonyl (C=O) groups excluding carboxylic acids is 2. The molecule has 1 fully saturated rings. The highest BCUT2D eigenvalue weighted by molar-refractivity contribution is 8.14. The van der Waals surface area contributed by atoms with E-state index < -0.39 is 0 Å². The summed E-state index contributed by atoms with van der Waals surface area (Å²) < 4.78 is 0. The molecule has 0 unspecified atom stereocenters. The lowest BCUT2D eigenvalue weighted by atomic mass is 10.1. The van der Waals surface area contributed by atoms with Crippen LogP contribution in [-0.4, -0.2) is 42.6 Å². The highest BCUT2D eigenvalue weighted by Crippen LogP contribution is 2.13. The molecule has 0 saturated carbocycles. The van der Waals surface area contributed by atoms with E-state index in [-0.39, 0.29) is 17.2 Å². The summed E-state index contributed by atoms with van der Waals surface area (Å²) in [5.74, 6) is 0.448. The molecule has 5 nitrogen and oxygen atoms in total. The number of hydrogen-bond acceptors (Lipinski definition) is 4. The maximum Gasteiger partial charge on any atom is 0.279 e. The molecule has 3 N–H and O–H groups in total. The van der Waals surface area contributed by atoms with Gasteiger partial charge in [0.25, 0.3) is 5.24 Å². The Labute approximate surface area is 98.4 Å². The second kappa shape index (κ2) is 5.36. The molecule has 6 heteroatoms. The number of thioether (sulfide) groups is 1. The van der Waals surface area contributed by atoms with Gasteiger partial charge in [0.2, 0.25) is 5.91 Å². The molecule has 0 aromatic carbocycles. The summed E-state index contributed by atoms with van der Waals surface area (Å²) >= 11 is 1.16. The first-order valence-electron chi connectivity index (χ1n) is 5.35. The fourth-order valence-corrected chi connectivity index (χ4v) is 2.46. The zero-order valence-electron chi connectivity index (χ0n) is 8.91. The van der Waals surface area contributed by atoms with Crippen molar-refractivity contribution in [1.82, 2.24) is 16.0 Å². The van der Waals surface area contributed by atoms with E-state index in [9.17, 15) is 9.59 Å². The van der Waals surface area contributed by atoms with Crippen LogP contribution < -0.4 is 16.0 Å². The maximum absolute atomic E-state index is 11.7. The predicted octanol–water partition coefficient (Wildman–Crippen LogP) is -0.153. The lowest BCUT2D eigenvalue weighted by Gasteiger charge is -2.16. The molecule has 2 aliphatic rings. The van der Waals surface area contributed by atoms with E-state index in [1.807, 2.05) is 0 Å². The van der Waals surface area contributed by atoms with Gasteiger partial charge in [-0.3, -0.25) is 9.59 Å². The van der Waals surface area contributed by atoms with Crippen LogP contribution in [0.2, 0.25) is 0 Å². The summed E-state index contributed by atoms with van der Waals surface area (Å²) in [6.07, 6.45) is 3.08. The quantitative estimate of drug-likeness (QED) is 0.601. The highest BCUT2D eigenvalue weighted by atomic mass is 32.2. The highest BCUT2D eigenvalue weighted by Gasteiger charge is 2.27. The minimum atomic E-state index is -0.361. The van der Waals surface area contributed by atoms with E-state index in [0.29, 0.717) is 12.3 Å². The van der Waals surface area contributed by atoms with Gasteiger partial charge in [-0.25, -0.2) is 0 Å². The summed E-state index contributed by atoms with van der Waals surface area (Å²) in [4.78, 5) is 22.6. The molecule has 0 radical (unpaired) electrons. The third-order valence-electron chi connectivity index (χ3n) is 2.64. The summed E-state index contributed by atoms with van der Waals surface area (Å²) in [6, 6.07) is -0.361. The third kappa shape index (κ3) is 2.99. The second-order valence-corrected chi connectivity index (χ2v) is 4.82. The van der Waals surface area contributed by atoms with Gasteiger partial charge >= 0.3 is 0 Å². The molecule has 1 atom stereocenters. The fourth-order valence-electron chi connectivity index (χ4n) is 1.68. The van der Waals surface area contributed by atoms with Crippen molar-refractivity contribution >= 4 is 22.9 Å². The molecule has 1 saturated heterocycles. The Kier molecular flexibility index (Phi) is 3.84. The van der Waals surface area contributed by atoms with Gasteiger partial charge in [0.1, 0.15) is 6.04 Å². The van der Waals surface area contributed by atoms with E-state index in [4.69, 9.17) is 0 Å². The molecular weight excluding hydrogens is 226 g/mol. The van der Waals surface area contributed by atoms with Gasteiger partial charge < -0.3 is 16.0 Å². The standard InChI is InChI=1S/C10H15N3O2S/c14-9(8-6-16-10(15)13-8)12-5-7-1-3-11-4-2-7/h1,8,11H,2-6H2,(H,12,14)(H,13,15)/t8-/m0/s1. The molecule has 0 aliphatic carbocycles. The van der Waals surface area contributed by atoms with Crippen LogP contribution in [0, 0.1) is 0 Å². The van der Waals surface area contributed by atoms with Crippen LogP contribution in [0.4, 0.5) is 4.79 Å². The molecule has 0 aromatic rings. The van der Waals surface area contributed by atoms with Crippen LogP contribution in [0.1, 0.15) is 6.42 Å². The van der Waals surface area contributed by atoms with E-state index >= 15 is 0 Å². The second-order valence-electron chi connectivity index (χ2n) is 3.83. The average molecular weight is 241 g/mol. The van der Waals surface area contributed by atoms with Crippen LogP contribution in [0.5, 0.6) is 0 Å². The average Bonchev–Trinajstić information content (AvgIpc) is 2.74. The lowest BCUT2D eigenvalue weighted by Crippen LogP contribution is -2.43. The van der Waals surface area contributed by atoms with Crippen LogP contribution in [0.25, 0.3) is 0 Å². The molecule has 2 amide bonds. The number of nitrogens with one attached hydrogen (secondary N) is 3. The van der Waals surface area contributed by atoms with Crippen LogP contribution in [-0.2, 0) is 4.79 Å². The normalized spacial score (nSPS) is 24.9. The Hall–Kier alpha value is -1.01. The molecule has 2 heterocycles. The van der Waals surface area contributed by atoms with Gasteiger partial charge in [0, 0.05) is 18.8 Å². The van der Waals surface area contributed by atoms with Crippen molar-refractivity contribution in [2.75, 3.05) is 25.4 Å². The Morgan fingerprint density at radius 3 is 3.12 bits per heavy atom. The molecule has 88 valence electrons. The molecule has 2 aliphatic heterocycles. The zero-order chi connectivity index (χ0) is 11.4. The molecule has 2 rings (SSSR count). The zero-order valence-corrected chi connectivity index (χ0v) is 9.73. The first kappa shape index (κ1) is 11.5. The SMILES string of the molecule is O=C1N[C@H](C(=O)NCC2=CCNCC2)CS1. The monoisotopic (exact) mass is 241 g/mol. The first-order valence-corrected chi connectivity index (χ1v) is 6.34. The van der Waals surface area contributed by atoms with Crippen LogP contribution in [0.15, 0.2) is 11.6 Å². The van der Waals surface area contributed by atoms with Crippen molar-refractivity contribution in [3.8, 4) is 0 Å². The number of amides is 2. The van der Waals surface area contributed by atoms with Crippen molar-refractivity contribution in [3.05, 3.63) is 11.6 Å². The Bertz CT molecular complexity index is 330. The minimum absolute atomic E-state index is 0.0854. The van der Waals surface area contributed by atoms with E-state index in [2.05, 4.69) is 22.0 Å². The van der Waals surface area contributed by atoms with Gasteiger partial charge in [-0.1, -0.05) is 23.4 Å². The summed E-state index contributed by atoms with van der Waals surface area (Å²) in [5, 5.41) is 8.58. The van der Waals surface area contributed by atoms with E-state index in [1.165, 1.54) is 5.57 Å². The summed E-state index contributed by atoms with van der Waals surface area (Å²) in [6.45, 7) is 2.44. The van der Waals surface area contributed by atoms with E-state index in [1.54, 1.807) is 0 Å². The fraction of sp³-hybridized carbons (Fsp3) is 0.600. The number of hydrogen-bond donors (Lipinski definition) is 3. The smallest absolute Gasteiger partial charge is 0.279 e. The summed E-state index contributed by atoms with van der Waals surface area (Å²) in [5.41, 5.74) is 1.25. The predicted molar refractivity (Wildman–Crippen MR) is 63.4 cm³/mol. The van der Waals surface area contributed by atoms with Crippen molar-refractivity contribution in [2.24, 2.45) is 0 Å². The molecular formula is C10H15N3O2S. The van der Waals surface area contributed by atoms with Crippen LogP contribution >= 0.6 is 11.8 Å². The third-order valence-corrected chi connectivity index (χ3v) is 3.52. The minimum Gasteiger partial charge on any atom is -0.351 e. The molecule has 16 heavy (non-hydrogen) atoms. The summed E-state index contributed by atoms with van der Waals surface area (Å²) in [7, 11) is 0. The Morgan fingerprint density at radius 2 is 2.50 bits per heavy atom. The Balaban J connectivity index is 1.75. The largest absolute Gasteiger partial charge is 0.351 e. The number of carbonyl (C=O) groups is 2. The van der Waals surface area contributed by atoms with Crippen molar-refractivity contribution < 1.29 is 9.59 Å². The number of rotatable bonds is 3. The van der Waals surface area contributed by atoms with Gasteiger partial charge in [-0.2, -0.15) is 0 Å². The molecule has 0 spiro atoms. The van der Waals surface area contributed by atoms with Crippen molar-refractivity contribution in [2.45, 2.75) is 12.5 Å². The Morgan fingerprint density at radius 1 is 1.62 bits per heavy atom. The van der Waals surface area contributed by atoms with Crippen LogP contribution in [0.3, 0.4) is 0 Å². The molecule has 0 bridgehead atoms. The van der Waals surface area contributed by atoms with Gasteiger partial charge in [-0.15, -0.1) is 0 Å². The van der Waals surface area contributed by atoms with E-state index in [0.717, 1.165) is 31.3 Å². The van der Waals surface area contributed by atoms with Gasteiger partial charge in [0.15, 0.2) is 0 Å². The molecule has 0 aromatic heterocycles. The lowest BCUT2D eigenvalue weighted by molar-refractivity contribution is -0.122. The van der Waals surface area contributed by atoms with Crippen molar-refractivity contribution in [3.63, 3.8) is 0 Å². The van der Waals surface area contributed by atoms with Gasteiger partial charge in [0.05, 0.1) is 0 Å². The maximum atomic E-state index is 11.7. The topological polar surface area (TPSA) is 70.2 Å². The van der Waals surface area contributed by atoms with Crippen molar-refractivity contribution in [1.29, 1.82) is 0 Å².